The monoisotopic (exact) mass is 247 g/mol. The lowest BCUT2D eigenvalue weighted by Crippen LogP contribution is -2.26. The molecule has 88 valence electrons. The van der Waals surface area contributed by atoms with Crippen LogP contribution in [-0.4, -0.2) is 27.2 Å². The molecule has 1 aromatic heterocycles. The normalized spacial score (nSPS) is 10.2. The Bertz CT molecular complexity index is 509. The maximum Gasteiger partial charge on any atom is 0.284 e. The van der Waals surface area contributed by atoms with E-state index in [9.17, 15) is 4.79 Å². The van der Waals surface area contributed by atoms with Crippen molar-refractivity contribution in [3.63, 3.8) is 0 Å². The van der Waals surface area contributed by atoms with Gasteiger partial charge in [0, 0.05) is 13.6 Å². The molecule has 2 aromatic rings. The molecule has 0 N–H and O–H groups in total. The maximum atomic E-state index is 12.0. The van der Waals surface area contributed by atoms with Gasteiger partial charge in [0.2, 0.25) is 5.01 Å². The fourth-order valence-corrected chi connectivity index (χ4v) is 2.14. The summed E-state index contributed by atoms with van der Waals surface area (Å²) in [5.74, 6) is 0.561. The predicted molar refractivity (Wildman–Crippen MR) is 66.9 cm³/mol. The number of carbonyl (C=O) groups is 1. The Balaban J connectivity index is 2.06. The zero-order chi connectivity index (χ0) is 12.3. The topological polar surface area (TPSA) is 46.1 Å². The van der Waals surface area contributed by atoms with E-state index in [0.717, 1.165) is 17.1 Å². The molecule has 0 spiro atoms. The molecular formula is C12H13N3OS. The SMILES string of the molecule is Cc1nsc(C(=O)N(C)Cc2ccccc2)n1. The van der Waals surface area contributed by atoms with Crippen LogP contribution < -0.4 is 0 Å². The molecule has 0 unspecified atom stereocenters. The largest absolute Gasteiger partial charge is 0.335 e. The summed E-state index contributed by atoms with van der Waals surface area (Å²) in [6.07, 6.45) is 0. The number of nitrogens with zero attached hydrogens (tertiary/aromatic N) is 3. The number of amides is 1. The first-order valence-electron chi connectivity index (χ1n) is 5.26. The summed E-state index contributed by atoms with van der Waals surface area (Å²) in [6, 6.07) is 9.87. The third-order valence-electron chi connectivity index (χ3n) is 2.32. The van der Waals surface area contributed by atoms with E-state index in [4.69, 9.17) is 0 Å². The van der Waals surface area contributed by atoms with Gasteiger partial charge in [-0.1, -0.05) is 30.3 Å². The molecular weight excluding hydrogens is 234 g/mol. The minimum absolute atomic E-state index is 0.0838. The van der Waals surface area contributed by atoms with Crippen molar-refractivity contribution in [2.75, 3.05) is 7.05 Å². The Kier molecular flexibility index (Phi) is 3.49. The van der Waals surface area contributed by atoms with Crippen LogP contribution in [0.15, 0.2) is 30.3 Å². The zero-order valence-electron chi connectivity index (χ0n) is 9.75. The summed E-state index contributed by atoms with van der Waals surface area (Å²) in [5, 5.41) is 0.445. The number of benzene rings is 1. The average Bonchev–Trinajstić information content (AvgIpc) is 2.76. The van der Waals surface area contributed by atoms with Gasteiger partial charge >= 0.3 is 0 Å². The second-order valence-electron chi connectivity index (χ2n) is 3.79. The summed E-state index contributed by atoms with van der Waals surface area (Å²) in [6.45, 7) is 2.36. The molecule has 1 aromatic carbocycles. The Hall–Kier alpha value is -1.75. The summed E-state index contributed by atoms with van der Waals surface area (Å²) >= 11 is 1.14. The Morgan fingerprint density at radius 1 is 1.35 bits per heavy atom. The van der Waals surface area contributed by atoms with E-state index in [-0.39, 0.29) is 5.91 Å². The van der Waals surface area contributed by atoms with E-state index >= 15 is 0 Å². The molecule has 1 heterocycles. The van der Waals surface area contributed by atoms with Crippen LogP contribution in [0.2, 0.25) is 0 Å². The predicted octanol–water partition coefficient (Wildman–Crippen LogP) is 2.12. The zero-order valence-corrected chi connectivity index (χ0v) is 10.6. The Morgan fingerprint density at radius 3 is 2.65 bits per heavy atom. The summed E-state index contributed by atoms with van der Waals surface area (Å²) < 4.78 is 4.01. The molecule has 0 aliphatic rings. The number of aryl methyl sites for hydroxylation is 1. The van der Waals surface area contributed by atoms with Gasteiger partial charge in [0.1, 0.15) is 5.82 Å². The van der Waals surface area contributed by atoms with E-state index < -0.39 is 0 Å². The van der Waals surface area contributed by atoms with Crippen molar-refractivity contribution >= 4 is 17.4 Å². The van der Waals surface area contributed by atoms with Gasteiger partial charge in [0.05, 0.1) is 0 Å². The van der Waals surface area contributed by atoms with Gasteiger partial charge in [-0.2, -0.15) is 4.37 Å². The van der Waals surface area contributed by atoms with Crippen LogP contribution in [0.25, 0.3) is 0 Å². The number of hydrogen-bond acceptors (Lipinski definition) is 4. The second kappa shape index (κ2) is 5.05. The maximum absolute atomic E-state index is 12.0. The van der Waals surface area contributed by atoms with Gasteiger partial charge < -0.3 is 4.90 Å². The van der Waals surface area contributed by atoms with Crippen molar-refractivity contribution in [2.45, 2.75) is 13.5 Å². The molecule has 17 heavy (non-hydrogen) atoms. The lowest BCUT2D eigenvalue weighted by molar-refractivity contribution is 0.0784. The fourth-order valence-electron chi connectivity index (χ4n) is 1.48. The van der Waals surface area contributed by atoms with Crippen LogP contribution in [-0.2, 0) is 6.54 Å². The number of rotatable bonds is 3. The van der Waals surface area contributed by atoms with Crippen molar-refractivity contribution in [3.05, 3.63) is 46.7 Å². The van der Waals surface area contributed by atoms with Crippen molar-refractivity contribution in [2.24, 2.45) is 0 Å². The molecule has 0 aliphatic heterocycles. The van der Waals surface area contributed by atoms with Gasteiger partial charge in [-0.3, -0.25) is 4.79 Å². The van der Waals surface area contributed by atoms with Crippen molar-refractivity contribution in [3.8, 4) is 0 Å². The smallest absolute Gasteiger partial charge is 0.284 e. The minimum atomic E-state index is -0.0838. The first-order chi connectivity index (χ1) is 8.16. The number of carbonyl (C=O) groups excluding carboxylic acids is 1. The molecule has 2 rings (SSSR count). The average molecular weight is 247 g/mol. The van der Waals surface area contributed by atoms with Gasteiger partial charge in [-0.05, 0) is 24.0 Å². The summed E-state index contributed by atoms with van der Waals surface area (Å²) in [4.78, 5) is 17.7. The lowest BCUT2D eigenvalue weighted by Gasteiger charge is -2.15. The molecule has 0 saturated carbocycles. The molecule has 0 atom stereocenters. The van der Waals surface area contributed by atoms with Gasteiger partial charge in [-0.15, -0.1) is 0 Å². The van der Waals surface area contributed by atoms with Crippen molar-refractivity contribution in [1.82, 2.24) is 14.3 Å². The van der Waals surface area contributed by atoms with Crippen LogP contribution in [0.4, 0.5) is 0 Å². The third-order valence-corrected chi connectivity index (χ3v) is 3.11. The first-order valence-corrected chi connectivity index (χ1v) is 6.04. The number of aromatic nitrogens is 2. The highest BCUT2D eigenvalue weighted by Crippen LogP contribution is 2.10. The highest BCUT2D eigenvalue weighted by Gasteiger charge is 2.16. The van der Waals surface area contributed by atoms with E-state index in [1.807, 2.05) is 30.3 Å². The minimum Gasteiger partial charge on any atom is -0.335 e. The summed E-state index contributed by atoms with van der Waals surface area (Å²) in [7, 11) is 1.77. The van der Waals surface area contributed by atoms with Crippen LogP contribution in [0.5, 0.6) is 0 Å². The highest BCUT2D eigenvalue weighted by molar-refractivity contribution is 7.07. The standard InChI is InChI=1S/C12H13N3OS/c1-9-13-11(17-14-9)12(16)15(2)8-10-6-4-3-5-7-10/h3-7H,8H2,1-2H3. The number of hydrogen-bond donors (Lipinski definition) is 0. The first kappa shape index (κ1) is 11.7. The van der Waals surface area contributed by atoms with E-state index in [1.165, 1.54) is 0 Å². The third kappa shape index (κ3) is 2.88. The highest BCUT2D eigenvalue weighted by atomic mass is 32.1. The molecule has 0 radical (unpaired) electrons. The van der Waals surface area contributed by atoms with Gasteiger partial charge in [-0.25, -0.2) is 4.98 Å². The van der Waals surface area contributed by atoms with Crippen molar-refractivity contribution < 1.29 is 4.79 Å². The van der Waals surface area contributed by atoms with Crippen LogP contribution in [0.3, 0.4) is 0 Å². The van der Waals surface area contributed by atoms with E-state index in [1.54, 1.807) is 18.9 Å². The quantitative estimate of drug-likeness (QED) is 0.834. The van der Waals surface area contributed by atoms with E-state index in [2.05, 4.69) is 9.36 Å². The molecule has 0 fully saturated rings. The molecule has 0 aliphatic carbocycles. The van der Waals surface area contributed by atoms with E-state index in [0.29, 0.717) is 17.4 Å². The Labute approximate surface area is 104 Å². The summed E-state index contributed by atoms with van der Waals surface area (Å²) in [5.41, 5.74) is 1.10. The van der Waals surface area contributed by atoms with Crippen molar-refractivity contribution in [1.29, 1.82) is 0 Å². The van der Waals surface area contributed by atoms with Gasteiger partial charge in [0.25, 0.3) is 5.91 Å². The lowest BCUT2D eigenvalue weighted by atomic mass is 10.2. The molecule has 0 bridgehead atoms. The Morgan fingerprint density at radius 2 is 2.06 bits per heavy atom. The molecule has 4 nitrogen and oxygen atoms in total. The van der Waals surface area contributed by atoms with Crippen LogP contribution >= 0.6 is 11.5 Å². The fraction of sp³-hybridized carbons (Fsp3) is 0.250. The van der Waals surface area contributed by atoms with Crippen LogP contribution in [0, 0.1) is 6.92 Å². The second-order valence-corrected chi connectivity index (χ2v) is 4.55. The molecule has 5 heteroatoms. The van der Waals surface area contributed by atoms with Gasteiger partial charge in [0.15, 0.2) is 0 Å². The molecule has 1 amide bonds. The van der Waals surface area contributed by atoms with Crippen LogP contribution in [0.1, 0.15) is 21.2 Å². The molecule has 0 saturated heterocycles.